The van der Waals surface area contributed by atoms with Gasteiger partial charge in [0.1, 0.15) is 0 Å². The Balaban J connectivity index is 2.04. The molecule has 1 aliphatic carbocycles. The zero-order valence-electron chi connectivity index (χ0n) is 13.0. The zero-order valence-corrected chi connectivity index (χ0v) is 13.0. The first-order valence-corrected chi connectivity index (χ1v) is 7.79. The van der Waals surface area contributed by atoms with E-state index in [1.807, 2.05) is 38.1 Å². The van der Waals surface area contributed by atoms with Crippen molar-refractivity contribution in [3.8, 4) is 0 Å². The van der Waals surface area contributed by atoms with Crippen LogP contribution < -0.4 is 5.73 Å². The standard InChI is InChI=1S/C17H26N2O2/c1-3-19(16(21)17(18)10-4-5-11-17)12-15(20)14-8-6-13(2)7-9-14/h6-9,15,20H,3-5,10-12,18H2,1-2H3. The molecule has 1 unspecified atom stereocenters. The molecule has 3 N–H and O–H groups in total. The number of nitrogens with two attached hydrogens (primary N) is 1. The van der Waals surface area contributed by atoms with Crippen LogP contribution in [0.4, 0.5) is 0 Å². The van der Waals surface area contributed by atoms with Crippen molar-refractivity contribution in [3.05, 3.63) is 35.4 Å². The summed E-state index contributed by atoms with van der Waals surface area (Å²) in [5.41, 5.74) is 7.51. The molecule has 0 bridgehead atoms. The van der Waals surface area contributed by atoms with Crippen molar-refractivity contribution < 1.29 is 9.90 Å². The van der Waals surface area contributed by atoms with Crippen LogP contribution in [0.1, 0.15) is 49.8 Å². The monoisotopic (exact) mass is 290 g/mol. The van der Waals surface area contributed by atoms with E-state index in [-0.39, 0.29) is 5.91 Å². The van der Waals surface area contributed by atoms with E-state index in [2.05, 4.69) is 0 Å². The lowest BCUT2D eigenvalue weighted by atomic mass is 9.96. The number of aliphatic hydroxyl groups is 1. The number of rotatable bonds is 5. The average Bonchev–Trinajstić information content (AvgIpc) is 2.92. The van der Waals surface area contributed by atoms with Crippen molar-refractivity contribution >= 4 is 5.91 Å². The van der Waals surface area contributed by atoms with Crippen molar-refractivity contribution in [2.45, 2.75) is 51.2 Å². The van der Waals surface area contributed by atoms with Crippen LogP contribution in [0.5, 0.6) is 0 Å². The largest absolute Gasteiger partial charge is 0.387 e. The van der Waals surface area contributed by atoms with Gasteiger partial charge in [-0.05, 0) is 32.3 Å². The Morgan fingerprint density at radius 3 is 2.43 bits per heavy atom. The predicted octanol–water partition coefficient (Wildman–Crippen LogP) is 2.15. The molecule has 1 aliphatic rings. The Morgan fingerprint density at radius 1 is 1.33 bits per heavy atom. The van der Waals surface area contributed by atoms with Crippen LogP contribution in [0.25, 0.3) is 0 Å². The number of likely N-dealkylation sites (N-methyl/N-ethyl adjacent to an activating group) is 1. The summed E-state index contributed by atoms with van der Waals surface area (Å²) >= 11 is 0. The number of aryl methyl sites for hydroxylation is 1. The van der Waals surface area contributed by atoms with E-state index < -0.39 is 11.6 Å². The second kappa shape index (κ2) is 6.58. The van der Waals surface area contributed by atoms with Gasteiger partial charge in [-0.2, -0.15) is 0 Å². The Bertz CT molecular complexity index is 478. The molecule has 1 atom stereocenters. The van der Waals surface area contributed by atoms with Gasteiger partial charge in [-0.3, -0.25) is 4.79 Å². The molecule has 0 heterocycles. The van der Waals surface area contributed by atoms with Gasteiger partial charge in [0, 0.05) is 6.54 Å². The van der Waals surface area contributed by atoms with Gasteiger partial charge in [-0.25, -0.2) is 0 Å². The minimum absolute atomic E-state index is 0.0198. The van der Waals surface area contributed by atoms with Gasteiger partial charge in [0.05, 0.1) is 18.2 Å². The maximum atomic E-state index is 12.6. The molecule has 2 rings (SSSR count). The molecule has 0 spiro atoms. The number of benzene rings is 1. The predicted molar refractivity (Wildman–Crippen MR) is 83.8 cm³/mol. The highest BCUT2D eigenvalue weighted by Crippen LogP contribution is 2.29. The smallest absolute Gasteiger partial charge is 0.242 e. The fourth-order valence-corrected chi connectivity index (χ4v) is 2.99. The normalized spacial score (nSPS) is 18.5. The first kappa shape index (κ1) is 16.0. The van der Waals surface area contributed by atoms with E-state index >= 15 is 0 Å². The SMILES string of the molecule is CCN(CC(O)c1ccc(C)cc1)C(=O)C1(N)CCCC1. The number of nitrogens with zero attached hydrogens (tertiary/aromatic N) is 1. The molecule has 116 valence electrons. The second-order valence-corrected chi connectivity index (χ2v) is 6.13. The first-order valence-electron chi connectivity index (χ1n) is 7.79. The summed E-state index contributed by atoms with van der Waals surface area (Å²) in [4.78, 5) is 14.3. The number of aliphatic hydroxyl groups excluding tert-OH is 1. The van der Waals surface area contributed by atoms with Crippen molar-refractivity contribution in [2.75, 3.05) is 13.1 Å². The van der Waals surface area contributed by atoms with Crippen LogP contribution in [0, 0.1) is 6.92 Å². The minimum Gasteiger partial charge on any atom is -0.387 e. The summed E-state index contributed by atoms with van der Waals surface area (Å²) in [5.74, 6) is -0.0198. The van der Waals surface area contributed by atoms with Crippen LogP contribution in [0.15, 0.2) is 24.3 Å². The molecule has 1 aromatic rings. The van der Waals surface area contributed by atoms with Gasteiger partial charge in [-0.1, -0.05) is 42.7 Å². The Kier molecular flexibility index (Phi) is 5.01. The lowest BCUT2D eigenvalue weighted by molar-refractivity contribution is -0.138. The lowest BCUT2D eigenvalue weighted by Crippen LogP contribution is -2.54. The van der Waals surface area contributed by atoms with E-state index in [1.165, 1.54) is 0 Å². The molecule has 21 heavy (non-hydrogen) atoms. The van der Waals surface area contributed by atoms with E-state index in [1.54, 1.807) is 4.90 Å². The number of carbonyl (C=O) groups is 1. The van der Waals surface area contributed by atoms with Crippen LogP contribution in [0.3, 0.4) is 0 Å². The molecule has 0 aliphatic heterocycles. The maximum absolute atomic E-state index is 12.6. The summed E-state index contributed by atoms with van der Waals surface area (Å²) in [5, 5.41) is 10.4. The number of hydrogen-bond donors (Lipinski definition) is 2. The van der Waals surface area contributed by atoms with E-state index in [0.29, 0.717) is 13.1 Å². The van der Waals surface area contributed by atoms with E-state index in [4.69, 9.17) is 5.73 Å². The lowest BCUT2D eigenvalue weighted by Gasteiger charge is -2.32. The van der Waals surface area contributed by atoms with Gasteiger partial charge in [0.2, 0.25) is 5.91 Å². The number of carbonyl (C=O) groups excluding carboxylic acids is 1. The fraction of sp³-hybridized carbons (Fsp3) is 0.588. The average molecular weight is 290 g/mol. The molecular formula is C17H26N2O2. The fourth-order valence-electron chi connectivity index (χ4n) is 2.99. The molecule has 0 radical (unpaired) electrons. The van der Waals surface area contributed by atoms with Gasteiger partial charge in [0.25, 0.3) is 0 Å². The Morgan fingerprint density at radius 2 is 1.90 bits per heavy atom. The molecule has 1 saturated carbocycles. The second-order valence-electron chi connectivity index (χ2n) is 6.13. The molecule has 1 aromatic carbocycles. The third kappa shape index (κ3) is 3.63. The van der Waals surface area contributed by atoms with Crippen LogP contribution in [-0.4, -0.2) is 34.5 Å². The summed E-state index contributed by atoms with van der Waals surface area (Å²) in [7, 11) is 0. The Labute approximate surface area is 126 Å². The summed E-state index contributed by atoms with van der Waals surface area (Å²) in [6.07, 6.45) is 2.87. The van der Waals surface area contributed by atoms with Gasteiger partial charge >= 0.3 is 0 Å². The van der Waals surface area contributed by atoms with Crippen molar-refractivity contribution in [1.82, 2.24) is 4.90 Å². The highest BCUT2D eigenvalue weighted by atomic mass is 16.3. The topological polar surface area (TPSA) is 66.6 Å². The first-order chi connectivity index (χ1) is 9.96. The van der Waals surface area contributed by atoms with Gasteiger partial charge < -0.3 is 15.7 Å². The van der Waals surface area contributed by atoms with Crippen molar-refractivity contribution in [1.29, 1.82) is 0 Å². The Hall–Kier alpha value is -1.39. The number of hydrogen-bond acceptors (Lipinski definition) is 3. The van der Waals surface area contributed by atoms with Crippen LogP contribution in [-0.2, 0) is 4.79 Å². The summed E-state index contributed by atoms with van der Waals surface area (Å²) < 4.78 is 0. The van der Waals surface area contributed by atoms with Crippen molar-refractivity contribution in [3.63, 3.8) is 0 Å². The van der Waals surface area contributed by atoms with Gasteiger partial charge in [-0.15, -0.1) is 0 Å². The van der Waals surface area contributed by atoms with Crippen molar-refractivity contribution in [2.24, 2.45) is 5.73 Å². The third-order valence-corrected chi connectivity index (χ3v) is 4.45. The number of amides is 1. The minimum atomic E-state index is -0.719. The van der Waals surface area contributed by atoms with Crippen LogP contribution in [0.2, 0.25) is 0 Å². The molecule has 1 fully saturated rings. The molecule has 4 heteroatoms. The third-order valence-electron chi connectivity index (χ3n) is 4.45. The molecule has 0 saturated heterocycles. The quantitative estimate of drug-likeness (QED) is 0.873. The van der Waals surface area contributed by atoms with E-state index in [0.717, 1.165) is 36.8 Å². The molecular weight excluding hydrogens is 264 g/mol. The highest BCUT2D eigenvalue weighted by Gasteiger charge is 2.39. The highest BCUT2D eigenvalue weighted by molar-refractivity contribution is 5.86. The zero-order chi connectivity index (χ0) is 15.5. The molecule has 4 nitrogen and oxygen atoms in total. The van der Waals surface area contributed by atoms with Crippen LogP contribution >= 0.6 is 0 Å². The van der Waals surface area contributed by atoms with Gasteiger partial charge in [0.15, 0.2) is 0 Å². The van der Waals surface area contributed by atoms with E-state index in [9.17, 15) is 9.90 Å². The molecule has 0 aromatic heterocycles. The molecule has 1 amide bonds. The summed E-state index contributed by atoms with van der Waals surface area (Å²) in [6.45, 7) is 4.81. The maximum Gasteiger partial charge on any atom is 0.242 e. The summed E-state index contributed by atoms with van der Waals surface area (Å²) in [6, 6.07) is 7.76.